The Morgan fingerprint density at radius 2 is 1.52 bits per heavy atom. The lowest BCUT2D eigenvalue weighted by Crippen LogP contribution is -2.44. The van der Waals surface area contributed by atoms with E-state index in [4.69, 9.17) is 21.7 Å². The second-order valence-corrected chi connectivity index (χ2v) is 8.02. The van der Waals surface area contributed by atoms with E-state index in [2.05, 4.69) is 36.2 Å². The molecule has 2 rings (SSSR count). The van der Waals surface area contributed by atoms with Gasteiger partial charge >= 0.3 is 23.9 Å². The van der Waals surface area contributed by atoms with Gasteiger partial charge in [0.25, 0.3) is 11.5 Å². The number of amides is 4. The Kier molecular flexibility index (Phi) is 10.4. The minimum Gasteiger partial charge on any atom is -0.481 e. The molecule has 0 saturated carbocycles. The molecule has 0 radical (unpaired) electrons. The molecule has 0 unspecified atom stereocenters. The highest BCUT2D eigenvalue weighted by Crippen LogP contribution is 2.12. The predicted molar refractivity (Wildman–Crippen MR) is 135 cm³/mol. The van der Waals surface area contributed by atoms with Gasteiger partial charge in [-0.15, -0.1) is 0 Å². The highest BCUT2D eigenvalue weighted by Gasteiger charge is 2.25. The van der Waals surface area contributed by atoms with Crippen molar-refractivity contribution in [3.8, 4) is 0 Å². The summed E-state index contributed by atoms with van der Waals surface area (Å²) in [5.74, 6) is -6.56. The number of carboxylic acids is 3. The van der Waals surface area contributed by atoms with Crippen molar-refractivity contribution >= 4 is 58.9 Å². The monoisotopic (exact) mass is 563 g/mol. The Morgan fingerprint density at radius 1 is 0.900 bits per heavy atom. The highest BCUT2D eigenvalue weighted by atomic mass is 16.4. The number of urea groups is 1. The zero-order valence-corrected chi connectivity index (χ0v) is 20.5. The fraction of sp³-hybridized carbons (Fsp3) is 0.286. The van der Waals surface area contributed by atoms with Crippen molar-refractivity contribution in [1.82, 2.24) is 25.6 Å². The lowest BCUT2D eigenvalue weighted by Gasteiger charge is -2.16. The first-order chi connectivity index (χ1) is 18.8. The van der Waals surface area contributed by atoms with Crippen molar-refractivity contribution in [3.05, 3.63) is 34.4 Å². The van der Waals surface area contributed by atoms with E-state index in [-0.39, 0.29) is 35.3 Å². The Balaban J connectivity index is 1.93. The number of rotatable bonds is 13. The first kappa shape index (κ1) is 30.5. The molecule has 2 aromatic rings. The van der Waals surface area contributed by atoms with Crippen LogP contribution in [0.5, 0.6) is 0 Å². The zero-order chi connectivity index (χ0) is 30.0. The smallest absolute Gasteiger partial charge is 0.326 e. The maximum Gasteiger partial charge on any atom is 0.326 e. The number of nitrogens with two attached hydrogens (primary N) is 2. The number of carboxylic acid groups (broad SMARTS) is 3. The summed E-state index contributed by atoms with van der Waals surface area (Å²) in [6.07, 6.45) is -0.726. The summed E-state index contributed by atoms with van der Waals surface area (Å²) in [5.41, 5.74) is 9.57. The summed E-state index contributed by atoms with van der Waals surface area (Å²) in [6, 6.07) is -1.53. The average Bonchev–Trinajstić information content (AvgIpc) is 2.86. The van der Waals surface area contributed by atoms with Crippen LogP contribution in [0.15, 0.2) is 23.1 Å². The van der Waals surface area contributed by atoms with Gasteiger partial charge in [-0.05, 0) is 25.0 Å². The van der Waals surface area contributed by atoms with Crippen molar-refractivity contribution in [3.63, 3.8) is 0 Å². The first-order valence-corrected chi connectivity index (χ1v) is 11.2. The molecule has 0 saturated heterocycles. The number of pyridine rings is 1. The number of carbonyl (C=O) groups excluding carboxylic acids is 3. The van der Waals surface area contributed by atoms with Crippen LogP contribution in [-0.2, 0) is 19.2 Å². The average molecular weight is 563 g/mol. The van der Waals surface area contributed by atoms with Gasteiger partial charge in [-0.3, -0.25) is 29.5 Å². The predicted octanol–water partition coefficient (Wildman–Crippen LogP) is -1.63. The van der Waals surface area contributed by atoms with Crippen molar-refractivity contribution in [2.24, 2.45) is 0 Å². The van der Waals surface area contributed by atoms with E-state index in [0.717, 1.165) is 12.3 Å². The number of nitrogen functional groups attached to an aromatic ring is 2. The molecule has 0 aliphatic rings. The molecule has 0 aliphatic carbocycles. The highest BCUT2D eigenvalue weighted by molar-refractivity contribution is 6.01. The minimum atomic E-state index is -1.55. The molecule has 40 heavy (non-hydrogen) atoms. The van der Waals surface area contributed by atoms with Gasteiger partial charge in [-0.2, -0.15) is 4.98 Å². The van der Waals surface area contributed by atoms with Crippen LogP contribution in [0.1, 0.15) is 36.2 Å². The maximum atomic E-state index is 12.5. The number of hydrogen-bond donors (Lipinski definition) is 10. The molecule has 4 amide bonds. The van der Waals surface area contributed by atoms with Crippen LogP contribution in [-0.4, -0.2) is 78.1 Å². The van der Waals surface area contributed by atoms with E-state index in [1.54, 1.807) is 0 Å². The number of nitrogens with zero attached hydrogens (tertiary/aromatic N) is 2. The third-order valence-corrected chi connectivity index (χ3v) is 5.00. The van der Waals surface area contributed by atoms with Crippen molar-refractivity contribution in [2.45, 2.75) is 37.8 Å². The number of nitrogens with one attached hydrogen (secondary N) is 5. The number of hydrogen-bond acceptors (Lipinski definition) is 11. The lowest BCUT2D eigenvalue weighted by atomic mass is 10.1. The van der Waals surface area contributed by atoms with Crippen LogP contribution in [0, 0.1) is 0 Å². The summed E-state index contributed by atoms with van der Waals surface area (Å²) in [7, 11) is 0. The molecule has 19 nitrogen and oxygen atoms in total. The van der Waals surface area contributed by atoms with Crippen molar-refractivity contribution in [2.75, 3.05) is 22.1 Å². The fourth-order valence-electron chi connectivity index (χ4n) is 3.06. The molecule has 2 aromatic heterocycles. The quantitative estimate of drug-likeness (QED) is 0.131. The fourth-order valence-corrected chi connectivity index (χ4v) is 3.06. The van der Waals surface area contributed by atoms with E-state index in [1.165, 1.54) is 6.07 Å². The normalized spacial score (nSPS) is 11.9. The third-order valence-electron chi connectivity index (χ3n) is 5.00. The summed E-state index contributed by atoms with van der Waals surface area (Å²) in [5, 5.41) is 35.9. The number of aromatic amines is 1. The molecule has 2 atom stereocenters. The molecule has 0 aliphatic heterocycles. The summed E-state index contributed by atoms with van der Waals surface area (Å²) >= 11 is 0. The molecule has 0 fully saturated rings. The zero-order valence-electron chi connectivity index (χ0n) is 20.5. The van der Waals surface area contributed by atoms with E-state index in [1.807, 2.05) is 0 Å². The molecule has 214 valence electrons. The largest absolute Gasteiger partial charge is 0.481 e. The van der Waals surface area contributed by atoms with Gasteiger partial charge in [0.1, 0.15) is 17.8 Å². The van der Waals surface area contributed by atoms with Crippen molar-refractivity contribution in [1.29, 1.82) is 0 Å². The summed E-state index contributed by atoms with van der Waals surface area (Å²) in [4.78, 5) is 91.5. The summed E-state index contributed by atoms with van der Waals surface area (Å²) < 4.78 is 0. The molecule has 19 heteroatoms. The molecule has 0 spiro atoms. The van der Waals surface area contributed by atoms with E-state index >= 15 is 0 Å². The lowest BCUT2D eigenvalue weighted by molar-refractivity contribution is -0.143. The van der Waals surface area contributed by atoms with Crippen LogP contribution in [0.3, 0.4) is 0 Å². The minimum absolute atomic E-state index is 0.0785. The molecular weight excluding hydrogens is 538 g/mol. The third kappa shape index (κ3) is 9.28. The summed E-state index contributed by atoms with van der Waals surface area (Å²) in [6.45, 7) is 0. The molecule has 12 N–H and O–H groups in total. The van der Waals surface area contributed by atoms with Gasteiger partial charge in [0.15, 0.2) is 11.5 Å². The number of H-pyrrole nitrogens is 1. The van der Waals surface area contributed by atoms with Gasteiger partial charge in [-0.1, -0.05) is 0 Å². The molecule has 2 heterocycles. The number of aliphatic carboxylic acids is 3. The number of aromatic nitrogens is 3. The van der Waals surface area contributed by atoms with E-state index < -0.39 is 72.7 Å². The number of carbonyl (C=O) groups is 6. The topological polar surface area (TPSA) is 322 Å². The number of anilines is 4. The van der Waals surface area contributed by atoms with Crippen LogP contribution in [0.4, 0.5) is 27.9 Å². The molecule has 0 aromatic carbocycles. The van der Waals surface area contributed by atoms with E-state index in [0.29, 0.717) is 0 Å². The Morgan fingerprint density at radius 3 is 2.08 bits per heavy atom. The Hall–Kier alpha value is -5.75. The van der Waals surface area contributed by atoms with Crippen LogP contribution in [0.25, 0.3) is 0 Å². The van der Waals surface area contributed by atoms with Gasteiger partial charge < -0.3 is 42.7 Å². The van der Waals surface area contributed by atoms with Gasteiger partial charge in [0.05, 0.1) is 11.9 Å². The second kappa shape index (κ2) is 13.7. The second-order valence-electron chi connectivity index (χ2n) is 8.02. The molecule has 0 bridgehead atoms. The maximum absolute atomic E-state index is 12.5. The Labute approximate surface area is 223 Å². The molecular formula is C21H25N9O10. The van der Waals surface area contributed by atoms with Gasteiger partial charge in [-0.25, -0.2) is 19.4 Å². The van der Waals surface area contributed by atoms with Gasteiger partial charge in [0, 0.05) is 12.8 Å². The van der Waals surface area contributed by atoms with E-state index in [9.17, 15) is 38.7 Å². The first-order valence-electron chi connectivity index (χ1n) is 11.2. The standard InChI is InChI=1S/C21H25N9O10/c22-15-14(17(35)30-20(23)29-15)28-21(40)25-8-1-2-9(24-7-8)16(34)27-11(19(38)39)3-5-12(31)26-10(18(36)37)4-6-13(32)33/h1-2,7,10-11H,3-6H2,(H,26,31)(H,27,34)(H,32,33)(H,36,37)(H,38,39)(H2,25,28,40)(H5,22,23,29,30,35)/t10-,11+/m1/s1. The van der Waals surface area contributed by atoms with Crippen LogP contribution < -0.4 is 38.3 Å². The van der Waals surface area contributed by atoms with Crippen molar-refractivity contribution < 1.29 is 44.1 Å². The SMILES string of the molecule is Nc1nc(N)c(NC(=O)Nc2ccc(C(=O)N[C@@H](CCC(=O)N[C@H](CCC(=O)O)C(=O)O)C(=O)O)nc2)c(=O)[nH]1. The van der Waals surface area contributed by atoms with Crippen LogP contribution >= 0.6 is 0 Å². The van der Waals surface area contributed by atoms with Crippen LogP contribution in [0.2, 0.25) is 0 Å². The van der Waals surface area contributed by atoms with Gasteiger partial charge in [0.2, 0.25) is 11.9 Å². The Bertz CT molecular complexity index is 1360.